The molecule has 2 N–H and O–H groups in total. The normalized spacial score (nSPS) is 12.7. The van der Waals surface area contributed by atoms with Crippen molar-refractivity contribution in [3.05, 3.63) is 76.0 Å². The van der Waals surface area contributed by atoms with Gasteiger partial charge in [0.2, 0.25) is 5.91 Å². The van der Waals surface area contributed by atoms with Crippen LogP contribution in [0.25, 0.3) is 0 Å². The van der Waals surface area contributed by atoms with Gasteiger partial charge in [0.05, 0.1) is 5.56 Å². The Bertz CT molecular complexity index is 977. The average molecular weight is 446 g/mol. The summed E-state index contributed by atoms with van der Waals surface area (Å²) in [7, 11) is 0. The Hall–Kier alpha value is -3.00. The van der Waals surface area contributed by atoms with Gasteiger partial charge in [-0.25, -0.2) is 4.39 Å². The van der Waals surface area contributed by atoms with E-state index < -0.39 is 17.6 Å². The lowest BCUT2D eigenvalue weighted by atomic mass is 9.99. The molecule has 0 unspecified atom stereocenters. The van der Waals surface area contributed by atoms with Gasteiger partial charge in [-0.3, -0.25) is 25.2 Å². The monoisotopic (exact) mass is 445 g/mol. The Balaban J connectivity index is 1.71. The molecule has 0 saturated heterocycles. The maximum absolute atomic E-state index is 13.3. The van der Waals surface area contributed by atoms with Crippen LogP contribution in [0, 0.1) is 5.82 Å². The molecule has 6 nitrogen and oxygen atoms in total. The Morgan fingerprint density at radius 2 is 1.86 bits per heavy atom. The molecule has 0 aromatic heterocycles. The standard InChI is InChI=1S/C20H17BrFN3O3/c1-2-18(26)25-9-3-4-12-10-13(5-8-17(12)25)19(27)23-24-20(28)15-11-14(22)6-7-16(15)21/h2,5-8,10-11H,1,3-4,9H2,(H,23,27)(H,24,28). The molecule has 0 spiro atoms. The lowest BCUT2D eigenvalue weighted by Crippen LogP contribution is -2.42. The number of rotatable bonds is 3. The van der Waals surface area contributed by atoms with Crippen LogP contribution in [0.5, 0.6) is 0 Å². The second-order valence-corrected chi connectivity index (χ2v) is 7.03. The number of amides is 3. The van der Waals surface area contributed by atoms with Gasteiger partial charge < -0.3 is 4.90 Å². The summed E-state index contributed by atoms with van der Waals surface area (Å²) in [4.78, 5) is 38.1. The first-order valence-electron chi connectivity index (χ1n) is 8.53. The van der Waals surface area contributed by atoms with E-state index in [-0.39, 0.29) is 11.5 Å². The lowest BCUT2D eigenvalue weighted by molar-refractivity contribution is -0.114. The van der Waals surface area contributed by atoms with Crippen LogP contribution in [0.3, 0.4) is 0 Å². The molecule has 3 rings (SSSR count). The predicted octanol–water partition coefficient (Wildman–Crippen LogP) is 3.13. The van der Waals surface area contributed by atoms with E-state index in [4.69, 9.17) is 0 Å². The summed E-state index contributed by atoms with van der Waals surface area (Å²) in [5.74, 6) is -1.92. The first kappa shape index (κ1) is 19.8. The van der Waals surface area contributed by atoms with Crippen molar-refractivity contribution in [1.82, 2.24) is 10.9 Å². The van der Waals surface area contributed by atoms with Crippen molar-refractivity contribution < 1.29 is 18.8 Å². The highest BCUT2D eigenvalue weighted by Crippen LogP contribution is 2.28. The predicted molar refractivity (Wildman–Crippen MR) is 106 cm³/mol. The fourth-order valence-corrected chi connectivity index (χ4v) is 3.43. The number of carbonyl (C=O) groups excluding carboxylic acids is 3. The number of halogens is 2. The van der Waals surface area contributed by atoms with E-state index in [0.29, 0.717) is 16.6 Å². The van der Waals surface area contributed by atoms with Crippen molar-refractivity contribution >= 4 is 39.3 Å². The molecule has 3 amide bonds. The number of anilines is 1. The Morgan fingerprint density at radius 1 is 1.11 bits per heavy atom. The van der Waals surface area contributed by atoms with Crippen LogP contribution >= 0.6 is 15.9 Å². The maximum Gasteiger partial charge on any atom is 0.270 e. The van der Waals surface area contributed by atoms with Gasteiger partial charge in [-0.2, -0.15) is 0 Å². The third-order valence-electron chi connectivity index (χ3n) is 4.36. The number of carbonyl (C=O) groups is 3. The van der Waals surface area contributed by atoms with E-state index in [1.54, 1.807) is 23.1 Å². The van der Waals surface area contributed by atoms with Crippen molar-refractivity contribution in [3.8, 4) is 0 Å². The minimum atomic E-state index is -0.652. The number of nitrogens with zero attached hydrogens (tertiary/aromatic N) is 1. The smallest absolute Gasteiger partial charge is 0.270 e. The molecule has 0 bridgehead atoms. The van der Waals surface area contributed by atoms with E-state index in [1.165, 1.54) is 18.2 Å². The second kappa shape index (κ2) is 8.35. The van der Waals surface area contributed by atoms with Gasteiger partial charge in [-0.15, -0.1) is 0 Å². The molecule has 2 aromatic rings. The summed E-state index contributed by atoms with van der Waals surface area (Å²) in [6.07, 6.45) is 2.78. The van der Waals surface area contributed by atoms with E-state index in [0.717, 1.165) is 30.2 Å². The minimum absolute atomic E-state index is 0.0596. The fraction of sp³-hybridized carbons (Fsp3) is 0.150. The van der Waals surface area contributed by atoms with Crippen LogP contribution < -0.4 is 15.8 Å². The number of hydrogen-bond acceptors (Lipinski definition) is 3. The van der Waals surface area contributed by atoms with E-state index in [9.17, 15) is 18.8 Å². The number of fused-ring (bicyclic) bond motifs is 1. The van der Waals surface area contributed by atoms with Gasteiger partial charge in [-0.05, 0) is 76.8 Å². The summed E-state index contributed by atoms with van der Waals surface area (Å²) in [6, 6.07) is 8.66. The zero-order valence-corrected chi connectivity index (χ0v) is 16.4. The molecule has 0 aliphatic carbocycles. The van der Waals surface area contributed by atoms with Crippen molar-refractivity contribution in [1.29, 1.82) is 0 Å². The van der Waals surface area contributed by atoms with Crippen LogP contribution in [-0.4, -0.2) is 24.3 Å². The highest BCUT2D eigenvalue weighted by atomic mass is 79.9. The molecule has 0 atom stereocenters. The molecule has 1 aliphatic rings. The molecule has 8 heteroatoms. The number of aryl methyl sites for hydroxylation is 1. The van der Waals surface area contributed by atoms with Gasteiger partial charge in [0, 0.05) is 22.3 Å². The van der Waals surface area contributed by atoms with Gasteiger partial charge in [0.1, 0.15) is 5.82 Å². The van der Waals surface area contributed by atoms with E-state index in [2.05, 4.69) is 33.4 Å². The number of nitrogens with one attached hydrogen (secondary N) is 2. The minimum Gasteiger partial charge on any atom is -0.309 e. The molecule has 1 aliphatic heterocycles. The first-order chi connectivity index (χ1) is 13.4. The largest absolute Gasteiger partial charge is 0.309 e. The second-order valence-electron chi connectivity index (χ2n) is 6.17. The van der Waals surface area contributed by atoms with Crippen molar-refractivity contribution in [3.63, 3.8) is 0 Å². The zero-order valence-electron chi connectivity index (χ0n) is 14.8. The summed E-state index contributed by atoms with van der Waals surface area (Å²) >= 11 is 3.17. The van der Waals surface area contributed by atoms with Gasteiger partial charge in [0.15, 0.2) is 0 Å². The highest BCUT2D eigenvalue weighted by Gasteiger charge is 2.22. The number of hydrogen-bond donors (Lipinski definition) is 2. The van der Waals surface area contributed by atoms with Crippen LogP contribution in [0.15, 0.2) is 53.5 Å². The Morgan fingerprint density at radius 3 is 2.61 bits per heavy atom. The van der Waals surface area contributed by atoms with E-state index >= 15 is 0 Å². The third kappa shape index (κ3) is 4.12. The van der Waals surface area contributed by atoms with Gasteiger partial charge in [0.25, 0.3) is 11.8 Å². The van der Waals surface area contributed by atoms with Gasteiger partial charge >= 0.3 is 0 Å². The average Bonchev–Trinajstić information content (AvgIpc) is 2.71. The molecule has 0 saturated carbocycles. The topological polar surface area (TPSA) is 78.5 Å². The van der Waals surface area contributed by atoms with Crippen LogP contribution in [0.2, 0.25) is 0 Å². The Kier molecular flexibility index (Phi) is 5.89. The molecule has 0 radical (unpaired) electrons. The maximum atomic E-state index is 13.3. The quantitative estimate of drug-likeness (QED) is 0.562. The molecule has 2 aromatic carbocycles. The van der Waals surface area contributed by atoms with Crippen molar-refractivity contribution in [2.75, 3.05) is 11.4 Å². The molecule has 0 fully saturated rings. The highest BCUT2D eigenvalue weighted by molar-refractivity contribution is 9.10. The summed E-state index contributed by atoms with van der Waals surface area (Å²) in [5, 5.41) is 0. The SMILES string of the molecule is C=CC(=O)N1CCCc2cc(C(=O)NNC(=O)c3cc(F)ccc3Br)ccc21. The van der Waals surface area contributed by atoms with Crippen molar-refractivity contribution in [2.45, 2.75) is 12.8 Å². The summed E-state index contributed by atoms with van der Waals surface area (Å²) in [5.41, 5.74) is 6.60. The number of benzene rings is 2. The van der Waals surface area contributed by atoms with Crippen LogP contribution in [0.1, 0.15) is 32.7 Å². The fourth-order valence-electron chi connectivity index (χ4n) is 3.00. The molecule has 144 valence electrons. The molecular formula is C20H17BrFN3O3. The van der Waals surface area contributed by atoms with Crippen LogP contribution in [0.4, 0.5) is 10.1 Å². The molecule has 1 heterocycles. The molecule has 28 heavy (non-hydrogen) atoms. The van der Waals surface area contributed by atoms with Crippen LogP contribution in [-0.2, 0) is 11.2 Å². The summed E-state index contributed by atoms with van der Waals surface area (Å²) < 4.78 is 13.7. The molecular weight excluding hydrogens is 429 g/mol. The van der Waals surface area contributed by atoms with E-state index in [1.807, 2.05) is 0 Å². The lowest BCUT2D eigenvalue weighted by Gasteiger charge is -2.28. The Labute approximate surface area is 169 Å². The number of hydrazine groups is 1. The first-order valence-corrected chi connectivity index (χ1v) is 9.32. The van der Waals surface area contributed by atoms with Gasteiger partial charge in [-0.1, -0.05) is 6.58 Å². The van der Waals surface area contributed by atoms with Crippen molar-refractivity contribution in [2.24, 2.45) is 0 Å². The zero-order chi connectivity index (χ0) is 20.3. The summed E-state index contributed by atoms with van der Waals surface area (Å²) in [6.45, 7) is 4.11. The third-order valence-corrected chi connectivity index (χ3v) is 5.06.